The molecule has 1 aliphatic heterocycles. The number of β-amino-alcohol motifs (C(OH)–C–C–N with tert-alkyl or cyclic N) is 1. The summed E-state index contributed by atoms with van der Waals surface area (Å²) in [6.07, 6.45) is 1.15. The highest BCUT2D eigenvalue weighted by molar-refractivity contribution is 7.90. The van der Waals surface area contributed by atoms with Crippen molar-refractivity contribution in [2.75, 3.05) is 12.8 Å². The quantitative estimate of drug-likeness (QED) is 0.574. The summed E-state index contributed by atoms with van der Waals surface area (Å²) in [4.78, 5) is 0.198. The summed E-state index contributed by atoms with van der Waals surface area (Å²) in [6, 6.07) is 19.2. The Hall–Kier alpha value is -2.29. The average Bonchev–Trinajstić information content (AvgIpc) is 3.08. The number of benzene rings is 3. The van der Waals surface area contributed by atoms with Crippen molar-refractivity contribution in [3.63, 3.8) is 0 Å². The van der Waals surface area contributed by atoms with Gasteiger partial charge in [-0.25, -0.2) is 12.8 Å². The molecule has 3 aromatic carbocycles. The summed E-state index contributed by atoms with van der Waals surface area (Å²) >= 11 is 6.06. The molecule has 0 aromatic heterocycles. The lowest BCUT2D eigenvalue weighted by Crippen LogP contribution is -2.51. The van der Waals surface area contributed by atoms with Crippen LogP contribution >= 0.6 is 11.6 Å². The summed E-state index contributed by atoms with van der Waals surface area (Å²) in [5.41, 5.74) is -0.528. The fourth-order valence-electron chi connectivity index (χ4n) is 3.73. The first kappa shape index (κ1) is 21.0. The van der Waals surface area contributed by atoms with E-state index < -0.39 is 27.0 Å². The highest BCUT2D eigenvalue weighted by atomic mass is 35.5. The van der Waals surface area contributed by atoms with Gasteiger partial charge in [-0.15, -0.1) is 0 Å². The molecular weight excluding hydrogens is 427 g/mol. The third-order valence-corrected chi connectivity index (χ3v) is 6.70. The van der Waals surface area contributed by atoms with Crippen LogP contribution in [0.1, 0.15) is 16.7 Å². The van der Waals surface area contributed by atoms with E-state index in [2.05, 4.69) is 10.6 Å². The second kappa shape index (κ2) is 7.44. The molecule has 1 saturated heterocycles. The van der Waals surface area contributed by atoms with Crippen LogP contribution in [0.3, 0.4) is 0 Å². The van der Waals surface area contributed by atoms with Gasteiger partial charge in [0, 0.05) is 17.8 Å². The summed E-state index contributed by atoms with van der Waals surface area (Å²) < 4.78 is 37.1. The van der Waals surface area contributed by atoms with Crippen LogP contribution in [0.25, 0.3) is 0 Å². The van der Waals surface area contributed by atoms with Crippen molar-refractivity contribution in [2.45, 2.75) is 16.3 Å². The molecule has 0 amide bonds. The molecule has 1 aliphatic rings. The zero-order valence-electron chi connectivity index (χ0n) is 16.1. The van der Waals surface area contributed by atoms with Crippen LogP contribution in [-0.2, 0) is 21.2 Å². The zero-order valence-corrected chi connectivity index (χ0v) is 17.6. The smallest absolute Gasteiger partial charge is 0.175 e. The largest absolute Gasteiger partial charge is 0.370 e. The molecule has 2 atom stereocenters. The Kier molecular flexibility index (Phi) is 5.20. The molecule has 2 unspecified atom stereocenters. The van der Waals surface area contributed by atoms with Gasteiger partial charge in [-0.2, -0.15) is 0 Å². The van der Waals surface area contributed by atoms with Gasteiger partial charge in [0.15, 0.2) is 15.6 Å². The fraction of sp³-hybridized carbons (Fsp3) is 0.182. The van der Waals surface area contributed by atoms with Crippen LogP contribution in [0.5, 0.6) is 0 Å². The first-order valence-corrected chi connectivity index (χ1v) is 11.5. The van der Waals surface area contributed by atoms with Crippen LogP contribution in [0.4, 0.5) is 4.39 Å². The summed E-state index contributed by atoms with van der Waals surface area (Å²) in [6.45, 7) is 0.134. The van der Waals surface area contributed by atoms with Crippen LogP contribution in [0.15, 0.2) is 77.7 Å². The lowest BCUT2D eigenvalue weighted by Gasteiger charge is -2.34. The van der Waals surface area contributed by atoms with Gasteiger partial charge in [-0.1, -0.05) is 48.0 Å². The Morgan fingerprint density at radius 1 is 0.900 bits per heavy atom. The molecule has 0 bridgehead atoms. The van der Waals surface area contributed by atoms with E-state index in [0.29, 0.717) is 16.1 Å². The average molecular weight is 447 g/mol. The number of rotatable bonds is 4. The van der Waals surface area contributed by atoms with Crippen molar-refractivity contribution in [2.24, 2.45) is 0 Å². The van der Waals surface area contributed by atoms with Crippen LogP contribution in [0.2, 0.25) is 5.02 Å². The highest BCUT2D eigenvalue weighted by Gasteiger charge is 2.49. The second-order valence-electron chi connectivity index (χ2n) is 7.40. The first-order chi connectivity index (χ1) is 14.1. The Labute approximate surface area is 179 Å². The normalized spacial score (nSPS) is 24.1. The minimum absolute atomic E-state index is 0.134. The zero-order chi connectivity index (χ0) is 21.6. The Balaban J connectivity index is 1.82. The van der Waals surface area contributed by atoms with E-state index in [1.165, 1.54) is 36.4 Å². The Bertz CT molecular complexity index is 1170. The van der Waals surface area contributed by atoms with Gasteiger partial charge in [0.05, 0.1) is 4.90 Å². The monoisotopic (exact) mass is 446 g/mol. The topological polar surface area (TPSA) is 78.4 Å². The van der Waals surface area contributed by atoms with E-state index in [4.69, 9.17) is 11.6 Å². The van der Waals surface area contributed by atoms with E-state index in [1.54, 1.807) is 24.3 Å². The Morgan fingerprint density at radius 3 is 1.93 bits per heavy atom. The standard InChI is InChI=1S/C22H20ClFN2O3S/c1-30(28,29)20-12-6-17(7-13-20)22(16-2-8-18(23)9-3-16)25-14-21(27,26-22)15-4-10-19(24)11-5-15/h2-13,25-27H,14H2,1H3. The number of nitrogens with one attached hydrogen (secondary N) is 2. The number of hydrogen-bond donors (Lipinski definition) is 3. The third-order valence-electron chi connectivity index (χ3n) is 5.32. The van der Waals surface area contributed by atoms with Gasteiger partial charge in [-0.3, -0.25) is 10.6 Å². The van der Waals surface area contributed by atoms with Crippen molar-refractivity contribution < 1.29 is 17.9 Å². The van der Waals surface area contributed by atoms with Crippen LogP contribution in [-0.4, -0.2) is 26.3 Å². The second-order valence-corrected chi connectivity index (χ2v) is 9.85. The van der Waals surface area contributed by atoms with Gasteiger partial charge < -0.3 is 5.11 Å². The van der Waals surface area contributed by atoms with E-state index >= 15 is 0 Å². The highest BCUT2D eigenvalue weighted by Crippen LogP contribution is 2.37. The van der Waals surface area contributed by atoms with E-state index in [1.807, 2.05) is 12.1 Å². The lowest BCUT2D eigenvalue weighted by atomic mass is 9.91. The molecule has 0 aliphatic carbocycles. The number of aliphatic hydroxyl groups is 1. The third kappa shape index (κ3) is 3.75. The number of halogens is 2. The molecule has 8 heteroatoms. The Morgan fingerprint density at radius 2 is 1.40 bits per heavy atom. The maximum Gasteiger partial charge on any atom is 0.175 e. The van der Waals surface area contributed by atoms with Crippen molar-refractivity contribution in [3.05, 3.63) is 100 Å². The van der Waals surface area contributed by atoms with E-state index in [-0.39, 0.29) is 11.4 Å². The molecular formula is C22H20ClFN2O3S. The van der Waals surface area contributed by atoms with Crippen molar-refractivity contribution in [1.29, 1.82) is 0 Å². The number of sulfone groups is 1. The summed E-state index contributed by atoms with van der Waals surface area (Å²) in [5.74, 6) is -0.395. The van der Waals surface area contributed by atoms with Gasteiger partial charge in [0.25, 0.3) is 0 Å². The maximum absolute atomic E-state index is 13.4. The van der Waals surface area contributed by atoms with Crippen LogP contribution < -0.4 is 10.6 Å². The van der Waals surface area contributed by atoms with Gasteiger partial charge in [-0.05, 0) is 53.1 Å². The molecule has 0 radical (unpaired) electrons. The molecule has 5 nitrogen and oxygen atoms in total. The van der Waals surface area contributed by atoms with Gasteiger partial charge in [0.1, 0.15) is 11.5 Å². The van der Waals surface area contributed by atoms with Crippen molar-refractivity contribution in [1.82, 2.24) is 10.6 Å². The molecule has 3 aromatic rings. The maximum atomic E-state index is 13.4. The number of hydrogen-bond acceptors (Lipinski definition) is 5. The first-order valence-electron chi connectivity index (χ1n) is 9.22. The SMILES string of the molecule is CS(=O)(=O)c1ccc(C2(c3ccc(Cl)cc3)NCC(O)(c3ccc(F)cc3)N2)cc1. The van der Waals surface area contributed by atoms with Crippen molar-refractivity contribution >= 4 is 21.4 Å². The lowest BCUT2D eigenvalue weighted by molar-refractivity contribution is 0.0220. The minimum atomic E-state index is -3.35. The predicted molar refractivity (Wildman–Crippen MR) is 113 cm³/mol. The van der Waals surface area contributed by atoms with Crippen molar-refractivity contribution in [3.8, 4) is 0 Å². The molecule has 1 heterocycles. The molecule has 4 rings (SSSR count). The molecule has 0 spiro atoms. The van der Waals surface area contributed by atoms with E-state index in [0.717, 1.165) is 11.8 Å². The van der Waals surface area contributed by atoms with Crippen LogP contribution in [0, 0.1) is 5.82 Å². The van der Waals surface area contributed by atoms with Gasteiger partial charge in [0.2, 0.25) is 0 Å². The predicted octanol–water partition coefficient (Wildman–Crippen LogP) is 3.12. The minimum Gasteiger partial charge on any atom is -0.370 e. The molecule has 156 valence electrons. The molecule has 3 N–H and O–H groups in total. The van der Waals surface area contributed by atoms with Gasteiger partial charge >= 0.3 is 0 Å². The summed E-state index contributed by atoms with van der Waals surface area (Å²) in [7, 11) is -3.35. The fourth-order valence-corrected chi connectivity index (χ4v) is 4.48. The molecule has 30 heavy (non-hydrogen) atoms. The molecule has 0 saturated carbocycles. The van der Waals surface area contributed by atoms with E-state index in [9.17, 15) is 17.9 Å². The molecule has 1 fully saturated rings. The summed E-state index contributed by atoms with van der Waals surface area (Å²) in [5, 5.41) is 18.5.